The number of carboxylic acid groups (broad SMARTS) is 1. The molecule has 4 heterocycles. The summed E-state index contributed by atoms with van der Waals surface area (Å²) < 4.78 is 27.0. The average molecular weight is 598 g/mol. The number of fused-ring (bicyclic) bond motifs is 1. The summed E-state index contributed by atoms with van der Waals surface area (Å²) in [5.74, 6) is 4.82. The van der Waals surface area contributed by atoms with E-state index in [0.717, 1.165) is 15.4 Å². The highest BCUT2D eigenvalue weighted by molar-refractivity contribution is 7.89. The Morgan fingerprint density at radius 2 is 1.74 bits per heavy atom. The molecular weight excluding hydrogens is 574 g/mol. The number of hydrogen-bond donors (Lipinski definition) is 2. The summed E-state index contributed by atoms with van der Waals surface area (Å²) in [6.45, 7) is 0.318. The highest BCUT2D eigenvalue weighted by Crippen LogP contribution is 2.32. The summed E-state index contributed by atoms with van der Waals surface area (Å²) >= 11 is 5.36. The third kappa shape index (κ3) is 5.09. The Hall–Kier alpha value is -4.70. The normalized spacial score (nSPS) is 17.2. The van der Waals surface area contributed by atoms with Crippen molar-refractivity contribution in [3.05, 3.63) is 84.2 Å². The van der Waals surface area contributed by atoms with Crippen molar-refractivity contribution in [1.82, 2.24) is 19.6 Å². The van der Waals surface area contributed by atoms with Crippen LogP contribution in [0, 0.1) is 11.8 Å². The van der Waals surface area contributed by atoms with Crippen LogP contribution in [0.1, 0.15) is 24.0 Å². The third-order valence-electron chi connectivity index (χ3n) is 7.15. The van der Waals surface area contributed by atoms with Crippen LogP contribution in [0.3, 0.4) is 0 Å². The number of nitrogens with zero attached hydrogens (tertiary/aromatic N) is 4. The maximum Gasteiger partial charge on any atom is 0.322 e. The van der Waals surface area contributed by atoms with Crippen molar-refractivity contribution in [3.63, 3.8) is 0 Å². The van der Waals surface area contributed by atoms with Gasteiger partial charge in [-0.15, -0.1) is 0 Å². The zero-order valence-electron chi connectivity index (χ0n) is 22.0. The topological polar surface area (TPSA) is 133 Å². The van der Waals surface area contributed by atoms with E-state index in [4.69, 9.17) is 17.2 Å². The van der Waals surface area contributed by atoms with Crippen molar-refractivity contribution >= 4 is 55.8 Å². The summed E-state index contributed by atoms with van der Waals surface area (Å²) in [4.78, 5) is 34.5. The van der Waals surface area contributed by atoms with Crippen LogP contribution in [0.4, 0.5) is 5.69 Å². The van der Waals surface area contributed by atoms with Crippen LogP contribution in [-0.4, -0.2) is 63.9 Å². The molecule has 0 aliphatic carbocycles. The average Bonchev–Trinajstić information content (AvgIpc) is 3.63. The number of carboxylic acids is 1. The van der Waals surface area contributed by atoms with Crippen LogP contribution >= 0.6 is 12.2 Å². The maximum absolute atomic E-state index is 13.0. The largest absolute Gasteiger partial charge is 0.480 e. The minimum Gasteiger partial charge on any atom is -0.480 e. The van der Waals surface area contributed by atoms with E-state index in [1.54, 1.807) is 30.6 Å². The van der Waals surface area contributed by atoms with Gasteiger partial charge in [-0.1, -0.05) is 24.0 Å². The van der Waals surface area contributed by atoms with Crippen LogP contribution in [-0.2, 0) is 19.6 Å². The molecule has 0 spiro atoms. The van der Waals surface area contributed by atoms with E-state index in [1.165, 1.54) is 17.0 Å². The van der Waals surface area contributed by atoms with E-state index < -0.39 is 22.0 Å². The lowest BCUT2D eigenvalue weighted by Gasteiger charge is -2.20. The molecule has 0 radical (unpaired) electrons. The second-order valence-electron chi connectivity index (χ2n) is 9.77. The summed E-state index contributed by atoms with van der Waals surface area (Å²) in [5, 5.41) is 13.3. The molecular formula is C30H23N5O5S2. The van der Waals surface area contributed by atoms with Gasteiger partial charge < -0.3 is 10.4 Å². The van der Waals surface area contributed by atoms with Gasteiger partial charge >= 0.3 is 5.97 Å². The number of aliphatic carboxylic acids is 1. The minimum absolute atomic E-state index is 0.0377. The molecule has 2 aromatic heterocycles. The first kappa shape index (κ1) is 27.5. The Morgan fingerprint density at radius 3 is 2.38 bits per heavy atom. The molecule has 1 atom stereocenters. The zero-order chi connectivity index (χ0) is 29.4. The molecule has 2 saturated heterocycles. The van der Waals surface area contributed by atoms with Crippen molar-refractivity contribution in [1.29, 1.82) is 0 Å². The first-order valence-electron chi connectivity index (χ1n) is 13.0. The van der Waals surface area contributed by atoms with Crippen molar-refractivity contribution in [2.75, 3.05) is 18.0 Å². The Morgan fingerprint density at radius 1 is 1.05 bits per heavy atom. The Balaban J connectivity index is 1.23. The van der Waals surface area contributed by atoms with Gasteiger partial charge in [0.2, 0.25) is 10.0 Å². The fourth-order valence-corrected chi connectivity index (χ4v) is 6.96. The van der Waals surface area contributed by atoms with Crippen LogP contribution in [0.25, 0.3) is 22.2 Å². The fourth-order valence-electron chi connectivity index (χ4n) is 5.04. The molecule has 42 heavy (non-hydrogen) atoms. The molecule has 210 valence electrons. The Labute approximate surface area is 247 Å². The summed E-state index contributed by atoms with van der Waals surface area (Å²) in [5.41, 5.74) is 4.12. The van der Waals surface area contributed by atoms with E-state index in [9.17, 15) is 23.1 Å². The van der Waals surface area contributed by atoms with Gasteiger partial charge in [0, 0.05) is 41.0 Å². The van der Waals surface area contributed by atoms with E-state index in [-0.39, 0.29) is 23.9 Å². The molecule has 0 bridgehead atoms. The van der Waals surface area contributed by atoms with Gasteiger partial charge in [-0.25, -0.2) is 13.4 Å². The van der Waals surface area contributed by atoms with Gasteiger partial charge in [0.05, 0.1) is 28.3 Å². The van der Waals surface area contributed by atoms with Gasteiger partial charge in [-0.05, 0) is 73.6 Å². The summed E-state index contributed by atoms with van der Waals surface area (Å²) in [6, 6.07) is 16.1. The fraction of sp³-hybridized carbons (Fsp3) is 0.167. The highest BCUT2D eigenvalue weighted by atomic mass is 32.2. The maximum atomic E-state index is 13.0. The molecule has 2 N–H and O–H groups in total. The smallest absolute Gasteiger partial charge is 0.322 e. The molecule has 4 aromatic rings. The van der Waals surface area contributed by atoms with E-state index in [2.05, 4.69) is 22.1 Å². The number of nitrogens with one attached hydrogen (secondary N) is 1. The van der Waals surface area contributed by atoms with Gasteiger partial charge in [0.25, 0.3) is 5.91 Å². The van der Waals surface area contributed by atoms with E-state index in [1.807, 2.05) is 30.3 Å². The Bertz CT molecular complexity index is 1900. The second kappa shape index (κ2) is 10.9. The number of benzene rings is 2. The van der Waals surface area contributed by atoms with Crippen LogP contribution in [0.15, 0.2) is 78.0 Å². The van der Waals surface area contributed by atoms with Gasteiger partial charge in [-0.2, -0.15) is 4.31 Å². The zero-order valence-corrected chi connectivity index (χ0v) is 23.7. The molecule has 10 nitrogen and oxygen atoms in total. The van der Waals surface area contributed by atoms with Crippen molar-refractivity contribution in [2.45, 2.75) is 23.8 Å². The van der Waals surface area contributed by atoms with Gasteiger partial charge in [0.15, 0.2) is 5.11 Å². The van der Waals surface area contributed by atoms with Gasteiger partial charge in [-0.3, -0.25) is 19.5 Å². The monoisotopic (exact) mass is 597 g/mol. The van der Waals surface area contributed by atoms with Crippen molar-refractivity contribution < 1.29 is 23.1 Å². The van der Waals surface area contributed by atoms with Crippen molar-refractivity contribution in [2.24, 2.45) is 0 Å². The number of carbonyl (C=O) groups is 2. The lowest BCUT2D eigenvalue weighted by molar-refractivity contribution is -0.140. The quantitative estimate of drug-likeness (QED) is 0.263. The van der Waals surface area contributed by atoms with Crippen LogP contribution < -0.4 is 10.2 Å². The molecule has 2 aromatic carbocycles. The molecule has 2 aliphatic heterocycles. The SMILES string of the molecule is O=C(O)C1CCCN1S(=O)(=O)c1ccc(C#Cc2ccc(-c3cc(N4C(=O)CNC4=S)c4cnccc4n3)cc2)cc1. The Kier molecular flexibility index (Phi) is 7.16. The van der Waals surface area contributed by atoms with Crippen LogP contribution in [0.5, 0.6) is 0 Å². The molecule has 1 unspecified atom stereocenters. The molecule has 1 amide bonds. The predicted molar refractivity (Wildman–Crippen MR) is 160 cm³/mol. The molecule has 2 fully saturated rings. The van der Waals surface area contributed by atoms with Gasteiger partial charge in [0.1, 0.15) is 6.04 Å². The lowest BCUT2D eigenvalue weighted by Crippen LogP contribution is -2.40. The van der Waals surface area contributed by atoms with Crippen molar-refractivity contribution in [3.8, 4) is 23.1 Å². The first-order chi connectivity index (χ1) is 20.2. The number of thiocarbonyl (C=S) groups is 1. The molecule has 12 heteroatoms. The highest BCUT2D eigenvalue weighted by Gasteiger charge is 2.39. The second-order valence-corrected chi connectivity index (χ2v) is 12.0. The number of rotatable bonds is 5. The number of amides is 1. The lowest BCUT2D eigenvalue weighted by atomic mass is 10.1. The molecule has 6 rings (SSSR count). The standard InChI is InChI=1S/C30H23N5O5S2/c36-28-18-32-30(41)35(28)27-16-25(33-24-13-14-31-17-23(24)27)21-9-5-19(6-10-21)3-4-20-7-11-22(12-8-20)42(39,40)34-15-1-2-26(34)29(37)38/h5-14,16-17,26H,1-2,15,18H2,(H,32,41)(H,37,38). The number of carbonyl (C=O) groups excluding carboxylic acids is 1. The van der Waals surface area contributed by atoms with E-state index in [0.29, 0.717) is 45.8 Å². The molecule has 2 aliphatic rings. The number of aromatic nitrogens is 2. The first-order valence-corrected chi connectivity index (χ1v) is 14.9. The summed E-state index contributed by atoms with van der Waals surface area (Å²) in [6.07, 6.45) is 4.12. The molecule has 0 saturated carbocycles. The predicted octanol–water partition coefficient (Wildman–Crippen LogP) is 3.16. The number of hydrogen-bond acceptors (Lipinski definition) is 7. The summed E-state index contributed by atoms with van der Waals surface area (Å²) in [7, 11) is -3.91. The van der Waals surface area contributed by atoms with E-state index >= 15 is 0 Å². The number of pyridine rings is 2. The minimum atomic E-state index is -3.91. The number of anilines is 1. The third-order valence-corrected chi connectivity index (χ3v) is 9.40. The van der Waals surface area contributed by atoms with Crippen LogP contribution in [0.2, 0.25) is 0 Å². The number of sulfonamides is 1.